The summed E-state index contributed by atoms with van der Waals surface area (Å²) < 4.78 is 48.6. The van der Waals surface area contributed by atoms with Gasteiger partial charge in [-0.2, -0.15) is 13.2 Å². The quantitative estimate of drug-likeness (QED) is 0.717. The first-order valence-corrected chi connectivity index (χ1v) is 8.69. The second-order valence-corrected chi connectivity index (χ2v) is 6.31. The van der Waals surface area contributed by atoms with Crippen molar-refractivity contribution < 1.29 is 32.2 Å². The third-order valence-corrected chi connectivity index (χ3v) is 4.08. The number of halogens is 3. The van der Waals surface area contributed by atoms with Crippen LogP contribution in [0.25, 0.3) is 0 Å². The first-order chi connectivity index (χ1) is 13.6. The minimum Gasteiger partial charge on any atom is -0.484 e. The topological polar surface area (TPSA) is 76.7 Å². The van der Waals surface area contributed by atoms with E-state index in [2.05, 4.69) is 10.9 Å². The summed E-state index contributed by atoms with van der Waals surface area (Å²) in [6, 6.07) is 9.59. The zero-order valence-corrected chi connectivity index (χ0v) is 16.1. The lowest BCUT2D eigenvalue weighted by atomic mass is 10.1. The molecule has 0 aliphatic carbocycles. The third-order valence-electron chi connectivity index (χ3n) is 4.08. The van der Waals surface area contributed by atoms with Crippen molar-refractivity contribution in [1.29, 1.82) is 0 Å². The van der Waals surface area contributed by atoms with Gasteiger partial charge in [0.2, 0.25) is 0 Å². The molecule has 0 aliphatic rings. The summed E-state index contributed by atoms with van der Waals surface area (Å²) in [5, 5.41) is 0. The molecule has 0 unspecified atom stereocenters. The van der Waals surface area contributed by atoms with Crippen molar-refractivity contribution in [3.8, 4) is 11.5 Å². The molecule has 0 radical (unpaired) electrons. The Bertz CT molecular complexity index is 884. The van der Waals surface area contributed by atoms with E-state index in [9.17, 15) is 22.8 Å². The molecule has 2 rings (SSSR count). The normalized spacial score (nSPS) is 12.1. The maximum atomic E-state index is 12.7. The van der Waals surface area contributed by atoms with Crippen molar-refractivity contribution in [1.82, 2.24) is 10.9 Å². The molecular formula is C20H21F3N2O4. The average Bonchev–Trinajstić information content (AvgIpc) is 2.67. The number of rotatable bonds is 6. The van der Waals surface area contributed by atoms with Gasteiger partial charge in [-0.3, -0.25) is 20.4 Å². The maximum absolute atomic E-state index is 12.7. The van der Waals surface area contributed by atoms with E-state index in [1.54, 1.807) is 12.1 Å². The van der Waals surface area contributed by atoms with E-state index < -0.39 is 36.3 Å². The smallest absolute Gasteiger partial charge is 0.416 e. The molecule has 29 heavy (non-hydrogen) atoms. The van der Waals surface area contributed by atoms with E-state index in [1.165, 1.54) is 19.1 Å². The highest BCUT2D eigenvalue weighted by Gasteiger charge is 2.30. The molecule has 0 heterocycles. The number of benzene rings is 2. The molecule has 2 N–H and O–H groups in total. The van der Waals surface area contributed by atoms with Gasteiger partial charge in [0.15, 0.2) is 12.7 Å². The van der Waals surface area contributed by atoms with E-state index >= 15 is 0 Å². The molecule has 0 aromatic heterocycles. The Kier molecular flexibility index (Phi) is 7.08. The van der Waals surface area contributed by atoms with E-state index in [-0.39, 0.29) is 5.75 Å². The van der Waals surface area contributed by atoms with Crippen molar-refractivity contribution in [2.75, 3.05) is 6.61 Å². The Morgan fingerprint density at radius 1 is 1.07 bits per heavy atom. The molecule has 0 saturated heterocycles. The largest absolute Gasteiger partial charge is 0.484 e. The Balaban J connectivity index is 1.81. The lowest BCUT2D eigenvalue weighted by Gasteiger charge is -2.17. The second-order valence-electron chi connectivity index (χ2n) is 6.31. The van der Waals surface area contributed by atoms with Gasteiger partial charge < -0.3 is 9.47 Å². The Morgan fingerprint density at radius 3 is 2.45 bits per heavy atom. The van der Waals surface area contributed by atoms with Gasteiger partial charge in [-0.15, -0.1) is 0 Å². The maximum Gasteiger partial charge on any atom is 0.416 e. The number of aryl methyl sites for hydroxylation is 1. The van der Waals surface area contributed by atoms with Crippen LogP contribution in [-0.2, 0) is 15.8 Å². The summed E-state index contributed by atoms with van der Waals surface area (Å²) in [4.78, 5) is 23.8. The second kappa shape index (κ2) is 9.31. The summed E-state index contributed by atoms with van der Waals surface area (Å²) >= 11 is 0. The van der Waals surface area contributed by atoms with Gasteiger partial charge >= 0.3 is 6.18 Å². The number of carbonyl (C=O) groups is 2. The minimum absolute atomic E-state index is 0.118. The molecular weight excluding hydrogens is 389 g/mol. The van der Waals surface area contributed by atoms with Crippen molar-refractivity contribution in [3.63, 3.8) is 0 Å². The summed E-state index contributed by atoms with van der Waals surface area (Å²) in [6.07, 6.45) is -5.40. The van der Waals surface area contributed by atoms with Crippen LogP contribution in [0.3, 0.4) is 0 Å². The van der Waals surface area contributed by atoms with E-state index in [0.717, 1.165) is 23.3 Å². The van der Waals surface area contributed by atoms with Gasteiger partial charge in [0.1, 0.15) is 11.5 Å². The third kappa shape index (κ3) is 6.41. The van der Waals surface area contributed by atoms with E-state index in [1.807, 2.05) is 19.9 Å². The Morgan fingerprint density at radius 2 is 1.76 bits per heavy atom. The van der Waals surface area contributed by atoms with Crippen LogP contribution in [0, 0.1) is 13.8 Å². The molecule has 9 heteroatoms. The van der Waals surface area contributed by atoms with Crippen molar-refractivity contribution in [2.24, 2.45) is 0 Å². The number of alkyl halides is 3. The van der Waals surface area contributed by atoms with Gasteiger partial charge in [-0.05, 0) is 56.2 Å². The van der Waals surface area contributed by atoms with Crippen LogP contribution in [-0.4, -0.2) is 24.5 Å². The first kappa shape index (κ1) is 22.1. The number of carbonyl (C=O) groups excluding carboxylic acids is 2. The molecule has 1 atom stereocenters. The standard InChI is InChI=1S/C20H21F3N2O4/c1-12-6-4-9-17(13(12)2)29-14(3)19(27)25-24-18(26)11-28-16-8-5-7-15(10-16)20(21,22)23/h4-10,14H,11H2,1-3H3,(H,24,26)(H,25,27)/t14-/m0/s1. The molecule has 0 fully saturated rings. The number of hydrazine groups is 1. The average molecular weight is 410 g/mol. The molecule has 156 valence electrons. The van der Waals surface area contributed by atoms with E-state index in [0.29, 0.717) is 5.75 Å². The molecule has 6 nitrogen and oxygen atoms in total. The lowest BCUT2D eigenvalue weighted by Crippen LogP contribution is -2.48. The summed E-state index contributed by atoms with van der Waals surface area (Å²) in [6.45, 7) is 4.72. The number of nitrogens with one attached hydrogen (secondary N) is 2. The zero-order chi connectivity index (χ0) is 21.6. The van der Waals surface area contributed by atoms with Gasteiger partial charge in [0.25, 0.3) is 11.8 Å². The van der Waals surface area contributed by atoms with Gasteiger partial charge in [-0.25, -0.2) is 0 Å². The monoisotopic (exact) mass is 410 g/mol. The SMILES string of the molecule is Cc1cccc(O[C@@H](C)C(=O)NNC(=O)COc2cccc(C(F)(F)F)c2)c1C. The van der Waals surface area contributed by atoms with Crippen LogP contribution in [0.4, 0.5) is 13.2 Å². The molecule has 0 aliphatic heterocycles. The predicted molar refractivity (Wildman–Crippen MR) is 99.2 cm³/mol. The van der Waals surface area contributed by atoms with Crippen molar-refractivity contribution >= 4 is 11.8 Å². The van der Waals surface area contributed by atoms with Crippen LogP contribution < -0.4 is 20.3 Å². The van der Waals surface area contributed by atoms with Gasteiger partial charge in [0.05, 0.1) is 5.56 Å². The molecule has 0 bridgehead atoms. The summed E-state index contributed by atoms with van der Waals surface area (Å²) in [5.74, 6) is -0.909. The predicted octanol–water partition coefficient (Wildman–Crippen LogP) is 3.32. The minimum atomic E-state index is -4.51. The van der Waals surface area contributed by atoms with Crippen LogP contribution in [0.1, 0.15) is 23.6 Å². The first-order valence-electron chi connectivity index (χ1n) is 8.69. The molecule has 0 saturated carbocycles. The summed E-state index contributed by atoms with van der Waals surface area (Å²) in [7, 11) is 0. The summed E-state index contributed by atoms with van der Waals surface area (Å²) in [5.41, 5.74) is 5.33. The number of amides is 2. The van der Waals surface area contributed by atoms with Crippen LogP contribution >= 0.6 is 0 Å². The highest BCUT2D eigenvalue weighted by atomic mass is 19.4. The number of ether oxygens (including phenoxy) is 2. The molecule has 2 amide bonds. The fourth-order valence-electron chi connectivity index (χ4n) is 2.28. The van der Waals surface area contributed by atoms with E-state index in [4.69, 9.17) is 9.47 Å². The highest BCUT2D eigenvalue weighted by molar-refractivity contribution is 5.85. The van der Waals surface area contributed by atoms with Gasteiger partial charge in [-0.1, -0.05) is 18.2 Å². The molecule has 2 aromatic carbocycles. The zero-order valence-electron chi connectivity index (χ0n) is 16.1. The highest BCUT2D eigenvalue weighted by Crippen LogP contribution is 2.31. The van der Waals surface area contributed by atoms with Gasteiger partial charge in [0, 0.05) is 0 Å². The van der Waals surface area contributed by atoms with Crippen LogP contribution in [0.2, 0.25) is 0 Å². The van der Waals surface area contributed by atoms with Crippen molar-refractivity contribution in [2.45, 2.75) is 33.1 Å². The van der Waals surface area contributed by atoms with Crippen LogP contribution in [0.15, 0.2) is 42.5 Å². The van der Waals surface area contributed by atoms with Crippen LogP contribution in [0.5, 0.6) is 11.5 Å². The van der Waals surface area contributed by atoms with Crippen molar-refractivity contribution in [3.05, 3.63) is 59.2 Å². The fraction of sp³-hybridized carbons (Fsp3) is 0.300. The lowest BCUT2D eigenvalue weighted by molar-refractivity contribution is -0.137. The number of hydrogen-bond donors (Lipinski definition) is 2. The molecule has 0 spiro atoms. The Hall–Kier alpha value is -3.23. The molecule has 2 aromatic rings. The number of hydrogen-bond acceptors (Lipinski definition) is 4. The fourth-order valence-corrected chi connectivity index (χ4v) is 2.28. The Labute approximate surface area is 166 Å².